The van der Waals surface area contributed by atoms with Gasteiger partial charge < -0.3 is 5.32 Å². The Morgan fingerprint density at radius 3 is 2.41 bits per heavy atom. The van der Waals surface area contributed by atoms with E-state index in [2.05, 4.69) is 15.0 Å². The van der Waals surface area contributed by atoms with Crippen LogP contribution in [-0.2, 0) is 22.9 Å². The summed E-state index contributed by atoms with van der Waals surface area (Å²) in [4.78, 5) is 4.71. The number of nitrogens with one attached hydrogen (secondary N) is 2. The lowest BCUT2D eigenvalue weighted by Crippen LogP contribution is -2.22. The topological polar surface area (TPSA) is 71.1 Å². The largest absolute Gasteiger partial charge is 0.367 e. The van der Waals surface area contributed by atoms with Crippen molar-refractivity contribution in [3.63, 3.8) is 0 Å². The number of hydrogen-bond donors (Lipinski definition) is 2. The maximum atomic E-state index is 12.7. The zero-order chi connectivity index (χ0) is 18.7. The SMILES string of the molecule is O=S(=O)(Nc1ccc(NC2CCCCC2)nc1)c1ccc2c(c1)CCCC2. The van der Waals surface area contributed by atoms with Crippen molar-refractivity contribution in [1.82, 2.24) is 4.98 Å². The Morgan fingerprint density at radius 1 is 0.889 bits per heavy atom. The van der Waals surface area contributed by atoms with Gasteiger partial charge in [0.15, 0.2) is 0 Å². The summed E-state index contributed by atoms with van der Waals surface area (Å²) in [6, 6.07) is 9.58. The van der Waals surface area contributed by atoms with Crippen LogP contribution in [0, 0.1) is 0 Å². The molecule has 2 N–H and O–H groups in total. The number of rotatable bonds is 5. The van der Waals surface area contributed by atoms with E-state index in [9.17, 15) is 8.42 Å². The van der Waals surface area contributed by atoms with Gasteiger partial charge in [-0.15, -0.1) is 0 Å². The molecule has 2 aliphatic rings. The molecule has 6 heteroatoms. The number of nitrogens with zero attached hydrogens (tertiary/aromatic N) is 1. The highest BCUT2D eigenvalue weighted by Gasteiger charge is 2.18. The third-order valence-electron chi connectivity index (χ3n) is 5.60. The zero-order valence-electron chi connectivity index (χ0n) is 15.6. The maximum Gasteiger partial charge on any atom is 0.261 e. The van der Waals surface area contributed by atoms with Crippen LogP contribution in [0.4, 0.5) is 11.5 Å². The lowest BCUT2D eigenvalue weighted by Gasteiger charge is -2.23. The number of sulfonamides is 1. The Hall–Kier alpha value is -2.08. The van der Waals surface area contributed by atoms with Crippen LogP contribution in [-0.4, -0.2) is 19.4 Å². The van der Waals surface area contributed by atoms with Crippen molar-refractivity contribution >= 4 is 21.5 Å². The van der Waals surface area contributed by atoms with Crippen molar-refractivity contribution in [3.8, 4) is 0 Å². The van der Waals surface area contributed by atoms with E-state index in [4.69, 9.17) is 0 Å². The molecule has 144 valence electrons. The van der Waals surface area contributed by atoms with Gasteiger partial charge in [0.25, 0.3) is 10.0 Å². The van der Waals surface area contributed by atoms with Gasteiger partial charge in [0.2, 0.25) is 0 Å². The first kappa shape index (κ1) is 18.3. The first-order valence-corrected chi connectivity index (χ1v) is 11.5. The fourth-order valence-corrected chi connectivity index (χ4v) is 5.18. The molecule has 0 amide bonds. The van der Waals surface area contributed by atoms with Crippen LogP contribution in [0.15, 0.2) is 41.4 Å². The van der Waals surface area contributed by atoms with Crippen molar-refractivity contribution in [2.45, 2.75) is 68.7 Å². The highest BCUT2D eigenvalue weighted by atomic mass is 32.2. The molecule has 1 saturated carbocycles. The maximum absolute atomic E-state index is 12.7. The summed E-state index contributed by atoms with van der Waals surface area (Å²) >= 11 is 0. The van der Waals surface area contributed by atoms with Gasteiger partial charge in [-0.3, -0.25) is 4.72 Å². The predicted octanol–water partition coefficient (Wildman–Crippen LogP) is 4.51. The molecule has 1 aromatic carbocycles. The molecule has 2 aliphatic carbocycles. The summed E-state index contributed by atoms with van der Waals surface area (Å²) in [5, 5.41) is 3.45. The molecule has 1 aromatic heterocycles. The number of fused-ring (bicyclic) bond motifs is 1. The van der Waals surface area contributed by atoms with E-state index in [1.807, 2.05) is 18.2 Å². The number of hydrogen-bond acceptors (Lipinski definition) is 4. The number of pyridine rings is 1. The Bertz CT molecular complexity index is 888. The number of benzene rings is 1. The van der Waals surface area contributed by atoms with Gasteiger partial charge in [-0.25, -0.2) is 13.4 Å². The van der Waals surface area contributed by atoms with Gasteiger partial charge in [0.05, 0.1) is 16.8 Å². The minimum atomic E-state index is -3.60. The summed E-state index contributed by atoms with van der Waals surface area (Å²) < 4.78 is 28.1. The van der Waals surface area contributed by atoms with Gasteiger partial charge >= 0.3 is 0 Å². The molecule has 0 atom stereocenters. The molecule has 0 spiro atoms. The van der Waals surface area contributed by atoms with E-state index in [-0.39, 0.29) is 0 Å². The van der Waals surface area contributed by atoms with E-state index in [0.717, 1.165) is 30.6 Å². The molecule has 5 nitrogen and oxygen atoms in total. The molecular formula is C21H27N3O2S. The zero-order valence-corrected chi connectivity index (χ0v) is 16.4. The van der Waals surface area contributed by atoms with Crippen LogP contribution in [0.2, 0.25) is 0 Å². The first-order valence-electron chi connectivity index (χ1n) is 9.97. The molecule has 0 bridgehead atoms. The Morgan fingerprint density at radius 2 is 1.67 bits per heavy atom. The molecule has 0 aliphatic heterocycles. The Kier molecular flexibility index (Phi) is 5.34. The number of aromatic nitrogens is 1. The van der Waals surface area contributed by atoms with Gasteiger partial charge in [0, 0.05) is 6.04 Å². The lowest BCUT2D eigenvalue weighted by molar-refractivity contribution is 0.462. The second kappa shape index (κ2) is 7.89. The third kappa shape index (κ3) is 4.43. The van der Waals surface area contributed by atoms with Crippen LogP contribution < -0.4 is 10.0 Å². The van der Waals surface area contributed by atoms with E-state index in [1.54, 1.807) is 18.3 Å². The summed E-state index contributed by atoms with van der Waals surface area (Å²) in [5.74, 6) is 0.804. The molecule has 0 saturated heterocycles. The quantitative estimate of drug-likeness (QED) is 0.795. The van der Waals surface area contributed by atoms with Gasteiger partial charge in [-0.05, 0) is 73.9 Å². The second-order valence-corrected chi connectivity index (χ2v) is 9.34. The lowest BCUT2D eigenvalue weighted by atomic mass is 9.92. The summed E-state index contributed by atoms with van der Waals surface area (Å²) in [6.45, 7) is 0. The van der Waals surface area contributed by atoms with Crippen molar-refractivity contribution in [1.29, 1.82) is 0 Å². The fraction of sp³-hybridized carbons (Fsp3) is 0.476. The Balaban J connectivity index is 1.44. The number of anilines is 2. The van der Waals surface area contributed by atoms with E-state index in [0.29, 0.717) is 16.6 Å². The molecule has 1 heterocycles. The van der Waals surface area contributed by atoms with Gasteiger partial charge in [-0.1, -0.05) is 25.3 Å². The van der Waals surface area contributed by atoms with Crippen LogP contribution in [0.3, 0.4) is 0 Å². The molecule has 0 radical (unpaired) electrons. The molecule has 2 aromatic rings. The van der Waals surface area contributed by atoms with Gasteiger partial charge in [0.1, 0.15) is 5.82 Å². The highest BCUT2D eigenvalue weighted by Crippen LogP contribution is 2.26. The average Bonchev–Trinajstić information content (AvgIpc) is 2.70. The molecular weight excluding hydrogens is 358 g/mol. The monoisotopic (exact) mass is 385 g/mol. The van der Waals surface area contributed by atoms with Crippen molar-refractivity contribution in [2.24, 2.45) is 0 Å². The van der Waals surface area contributed by atoms with E-state index in [1.165, 1.54) is 44.1 Å². The average molecular weight is 386 g/mol. The van der Waals surface area contributed by atoms with Gasteiger partial charge in [-0.2, -0.15) is 0 Å². The second-order valence-electron chi connectivity index (χ2n) is 7.65. The number of aryl methyl sites for hydroxylation is 2. The van der Waals surface area contributed by atoms with E-state index >= 15 is 0 Å². The van der Waals surface area contributed by atoms with Crippen LogP contribution in [0.5, 0.6) is 0 Å². The molecule has 0 unspecified atom stereocenters. The summed E-state index contributed by atoms with van der Waals surface area (Å²) in [6.07, 6.45) is 12.1. The van der Waals surface area contributed by atoms with Crippen LogP contribution in [0.25, 0.3) is 0 Å². The highest BCUT2D eigenvalue weighted by molar-refractivity contribution is 7.92. The predicted molar refractivity (Wildman–Crippen MR) is 109 cm³/mol. The molecule has 4 rings (SSSR count). The molecule has 27 heavy (non-hydrogen) atoms. The first-order chi connectivity index (χ1) is 13.1. The fourth-order valence-electron chi connectivity index (χ4n) is 4.09. The minimum absolute atomic E-state index is 0.326. The third-order valence-corrected chi connectivity index (χ3v) is 6.98. The van der Waals surface area contributed by atoms with Crippen molar-refractivity contribution in [2.75, 3.05) is 10.0 Å². The van der Waals surface area contributed by atoms with E-state index < -0.39 is 10.0 Å². The van der Waals surface area contributed by atoms with Crippen LogP contribution in [0.1, 0.15) is 56.1 Å². The molecule has 1 fully saturated rings. The summed E-state index contributed by atoms with van der Waals surface area (Å²) in [5.41, 5.74) is 2.93. The van der Waals surface area contributed by atoms with Crippen LogP contribution >= 0.6 is 0 Å². The Labute approximate surface area is 161 Å². The standard InChI is InChI=1S/C21H27N3O2S/c25-27(26,20-12-10-16-6-4-5-7-17(16)14-20)24-19-11-13-21(22-15-19)23-18-8-2-1-3-9-18/h10-15,18,24H,1-9H2,(H,22,23). The smallest absolute Gasteiger partial charge is 0.261 e. The van der Waals surface area contributed by atoms with Crippen molar-refractivity contribution in [3.05, 3.63) is 47.7 Å². The normalized spacial score (nSPS) is 17.9. The minimum Gasteiger partial charge on any atom is -0.367 e. The summed E-state index contributed by atoms with van der Waals surface area (Å²) in [7, 11) is -3.60. The van der Waals surface area contributed by atoms with Crippen molar-refractivity contribution < 1.29 is 8.42 Å².